The van der Waals surface area contributed by atoms with Gasteiger partial charge in [-0.1, -0.05) is 64.5 Å². The summed E-state index contributed by atoms with van der Waals surface area (Å²) >= 11 is 3.05. The lowest BCUT2D eigenvalue weighted by molar-refractivity contribution is -0.186. The Morgan fingerprint density at radius 2 is 1.82 bits per heavy atom. The van der Waals surface area contributed by atoms with Crippen LogP contribution in [0.5, 0.6) is 0 Å². The van der Waals surface area contributed by atoms with Crippen LogP contribution in [-0.2, 0) is 33.0 Å². The molecule has 0 heterocycles. The van der Waals surface area contributed by atoms with Gasteiger partial charge in [-0.2, -0.15) is 8.78 Å². The summed E-state index contributed by atoms with van der Waals surface area (Å²) in [4.78, 5) is 8.57. The van der Waals surface area contributed by atoms with Gasteiger partial charge in [-0.05, 0) is 45.0 Å². The lowest BCUT2D eigenvalue weighted by atomic mass is 10.0. The van der Waals surface area contributed by atoms with E-state index in [4.69, 9.17) is 9.63 Å². The Morgan fingerprint density at radius 3 is 2.57 bits per heavy atom. The molecule has 1 N–H and O–H groups in total. The van der Waals surface area contributed by atoms with Crippen LogP contribution in [-0.4, -0.2) is 11.5 Å². The molecular weight excluding hydrogens is 453 g/mol. The van der Waals surface area contributed by atoms with Crippen molar-refractivity contribution < 1.29 is 27.5 Å². The van der Waals surface area contributed by atoms with Crippen LogP contribution in [0, 0.1) is 0 Å². The maximum Gasteiger partial charge on any atom is 0.701 e. The fourth-order valence-electron chi connectivity index (χ4n) is 2.91. The third-order valence-corrected chi connectivity index (χ3v) is 5.25. The minimum absolute atomic E-state index is 0.0736. The van der Waals surface area contributed by atoms with Crippen molar-refractivity contribution >= 4 is 35.0 Å². The summed E-state index contributed by atoms with van der Waals surface area (Å²) in [6.45, 7) is 0.738. The Bertz CT molecular complexity index is 992. The van der Waals surface area contributed by atoms with Gasteiger partial charge >= 0.3 is 14.4 Å². The third-order valence-electron chi connectivity index (χ3n) is 4.20. The summed E-state index contributed by atoms with van der Waals surface area (Å²) < 4.78 is 47.7. The fourth-order valence-corrected chi connectivity index (χ4v) is 3.87. The first-order valence-corrected chi connectivity index (χ1v) is 10.4. The number of alkyl halides is 2. The van der Waals surface area contributed by atoms with Crippen molar-refractivity contribution in [3.05, 3.63) is 81.8 Å². The van der Waals surface area contributed by atoms with Crippen LogP contribution < -0.4 is 0 Å². The summed E-state index contributed by atoms with van der Waals surface area (Å²) in [5.41, 5.74) is 1.35. The second-order valence-electron chi connectivity index (χ2n) is 6.10. The Morgan fingerprint density at radius 1 is 1.07 bits per heavy atom. The van der Waals surface area contributed by atoms with E-state index >= 15 is 0 Å². The molecule has 8 heteroatoms. The predicted octanol–water partition coefficient (Wildman–Crippen LogP) is 6.08. The lowest BCUT2D eigenvalue weighted by Crippen LogP contribution is -2.15. The number of benzene rings is 3. The van der Waals surface area contributed by atoms with Gasteiger partial charge in [0.05, 0.1) is 18.8 Å². The number of rotatable bonds is 8. The minimum Gasteiger partial charge on any atom is -0.376 e. The maximum absolute atomic E-state index is 13.8. The van der Waals surface area contributed by atoms with Crippen LogP contribution in [0.3, 0.4) is 0 Å². The molecule has 0 saturated heterocycles. The van der Waals surface area contributed by atoms with Gasteiger partial charge in [0.1, 0.15) is 0 Å². The molecule has 4 nitrogen and oxygen atoms in total. The Kier molecular flexibility index (Phi) is 6.86. The number of fused-ring (bicyclic) bond motifs is 1. The van der Waals surface area contributed by atoms with Crippen molar-refractivity contribution in [1.82, 2.24) is 0 Å². The van der Waals surface area contributed by atoms with E-state index in [1.54, 1.807) is 0 Å². The van der Waals surface area contributed by atoms with E-state index in [1.807, 2.05) is 18.2 Å². The molecule has 0 aliphatic carbocycles. The first-order chi connectivity index (χ1) is 13.4. The van der Waals surface area contributed by atoms with Crippen LogP contribution in [0.4, 0.5) is 8.78 Å². The number of ether oxygens (including phenoxy) is 1. The molecule has 3 aromatic carbocycles. The molecule has 1 atom stereocenters. The van der Waals surface area contributed by atoms with E-state index in [1.165, 1.54) is 28.5 Å². The van der Waals surface area contributed by atoms with Crippen LogP contribution in [0.2, 0.25) is 0 Å². The molecule has 0 aliphatic rings. The monoisotopic (exact) mass is 469 g/mol. The zero-order valence-corrected chi connectivity index (χ0v) is 17.1. The van der Waals surface area contributed by atoms with Gasteiger partial charge in [-0.15, -0.1) is 4.89 Å². The minimum atomic E-state index is -3.87. The van der Waals surface area contributed by atoms with Crippen molar-refractivity contribution in [2.75, 3.05) is 6.61 Å². The summed E-state index contributed by atoms with van der Waals surface area (Å²) in [6.07, 6.45) is -3.13. The van der Waals surface area contributed by atoms with Gasteiger partial charge in [0.2, 0.25) is 0 Å². The highest BCUT2D eigenvalue weighted by Crippen LogP contribution is 2.41. The molecule has 146 valence electrons. The Balaban J connectivity index is 1.59. The van der Waals surface area contributed by atoms with Crippen LogP contribution in [0.25, 0.3) is 10.8 Å². The topological polar surface area (TPSA) is 55.8 Å². The first-order valence-electron chi connectivity index (χ1n) is 8.43. The second-order valence-corrected chi connectivity index (χ2v) is 7.61. The molecule has 0 fully saturated rings. The van der Waals surface area contributed by atoms with E-state index < -0.39 is 19.9 Å². The molecule has 0 bridgehead atoms. The molecule has 0 spiro atoms. The van der Waals surface area contributed by atoms with Crippen molar-refractivity contribution in [1.29, 1.82) is 0 Å². The molecule has 28 heavy (non-hydrogen) atoms. The highest BCUT2D eigenvalue weighted by molar-refractivity contribution is 9.10. The van der Waals surface area contributed by atoms with Gasteiger partial charge in [0.15, 0.2) is 0 Å². The quantitative estimate of drug-likeness (QED) is 0.321. The summed E-state index contributed by atoms with van der Waals surface area (Å²) in [5, 5.41) is 2.36. The zero-order chi connectivity index (χ0) is 20.1. The van der Waals surface area contributed by atoms with Crippen LogP contribution in [0.1, 0.15) is 16.7 Å². The van der Waals surface area contributed by atoms with Gasteiger partial charge in [0, 0.05) is 9.04 Å². The van der Waals surface area contributed by atoms with Gasteiger partial charge < -0.3 is 4.74 Å². The fraction of sp³-hybridized carbons (Fsp3) is 0.200. The van der Waals surface area contributed by atoms with E-state index in [9.17, 15) is 13.3 Å². The third kappa shape index (κ3) is 5.19. The van der Waals surface area contributed by atoms with Gasteiger partial charge in [0.25, 0.3) is 0 Å². The van der Waals surface area contributed by atoms with Crippen LogP contribution >= 0.6 is 24.2 Å². The first kappa shape index (κ1) is 21.0. The van der Waals surface area contributed by atoms with Crippen molar-refractivity contribution in [3.8, 4) is 0 Å². The Hall–Kier alpha value is -1.76. The SMILES string of the molecule is O=[P+](O)OC(F)(F)c1ccc(COCCc2cccc3ccccc23)cc1Br. The van der Waals surface area contributed by atoms with E-state index in [0.29, 0.717) is 12.2 Å². The zero-order valence-electron chi connectivity index (χ0n) is 14.6. The molecule has 0 radical (unpaired) electrons. The average Bonchev–Trinajstić information content (AvgIpc) is 2.64. The van der Waals surface area contributed by atoms with Crippen molar-refractivity contribution in [3.63, 3.8) is 0 Å². The second kappa shape index (κ2) is 9.16. The van der Waals surface area contributed by atoms with E-state index in [-0.39, 0.29) is 11.1 Å². The molecular formula is C20H17BrF2O4P+. The van der Waals surface area contributed by atoms with Crippen molar-refractivity contribution in [2.45, 2.75) is 19.1 Å². The highest BCUT2D eigenvalue weighted by atomic mass is 79.9. The Labute approximate surface area is 170 Å². The molecule has 1 unspecified atom stereocenters. The number of hydrogen-bond acceptors (Lipinski definition) is 3. The molecule has 0 aromatic heterocycles. The number of hydrogen-bond donors (Lipinski definition) is 1. The molecule has 0 aliphatic heterocycles. The average molecular weight is 470 g/mol. The van der Waals surface area contributed by atoms with E-state index in [0.717, 1.165) is 12.5 Å². The van der Waals surface area contributed by atoms with Gasteiger partial charge in [-0.3, -0.25) is 0 Å². The smallest absolute Gasteiger partial charge is 0.376 e. The highest BCUT2D eigenvalue weighted by Gasteiger charge is 2.44. The number of halogens is 3. The summed E-state index contributed by atoms with van der Waals surface area (Å²) in [7, 11) is -3.42. The molecule has 0 saturated carbocycles. The lowest BCUT2D eigenvalue weighted by Gasteiger charge is -2.13. The summed E-state index contributed by atoms with van der Waals surface area (Å²) in [5.74, 6) is 0. The predicted molar refractivity (Wildman–Crippen MR) is 106 cm³/mol. The van der Waals surface area contributed by atoms with E-state index in [2.05, 4.69) is 44.7 Å². The molecule has 3 rings (SSSR count). The maximum atomic E-state index is 13.8. The molecule has 3 aromatic rings. The van der Waals surface area contributed by atoms with Gasteiger partial charge in [-0.25, -0.2) is 0 Å². The standard InChI is InChI=1S/C20H16BrF2O4P/c21-19-12-14(8-9-18(19)20(22,23)27-28(24)25)13-26-11-10-16-6-3-5-15-4-1-2-7-17(15)16/h1-9,12H,10-11,13H2/p+1. The van der Waals surface area contributed by atoms with Crippen molar-refractivity contribution in [2.24, 2.45) is 0 Å². The normalized spacial score (nSPS) is 12.4. The largest absolute Gasteiger partial charge is 0.701 e. The summed E-state index contributed by atoms with van der Waals surface area (Å²) in [6, 6.07) is 18.4. The van der Waals surface area contributed by atoms with Crippen LogP contribution in [0.15, 0.2) is 65.1 Å². The molecule has 0 amide bonds.